The zero-order valence-corrected chi connectivity index (χ0v) is 11.7. The lowest BCUT2D eigenvalue weighted by molar-refractivity contribution is 0.102. The van der Waals surface area contributed by atoms with Crippen molar-refractivity contribution in [3.63, 3.8) is 0 Å². The number of carbonyl (C=O) groups excluding carboxylic acids is 1. The van der Waals surface area contributed by atoms with Crippen molar-refractivity contribution in [1.29, 1.82) is 0 Å². The number of amides is 1. The summed E-state index contributed by atoms with van der Waals surface area (Å²) in [5, 5.41) is 5.12. The number of thiazole rings is 1. The van der Waals surface area contributed by atoms with Gasteiger partial charge in [-0.1, -0.05) is 12.1 Å². The first-order chi connectivity index (χ1) is 10.2. The third-order valence-corrected chi connectivity index (χ3v) is 3.51. The van der Waals surface area contributed by atoms with Gasteiger partial charge in [0.2, 0.25) is 0 Å². The Morgan fingerprint density at radius 3 is 2.57 bits per heavy atom. The van der Waals surface area contributed by atoms with Crippen molar-refractivity contribution in [2.75, 3.05) is 11.1 Å². The lowest BCUT2D eigenvalue weighted by atomic mass is 10.1. The van der Waals surface area contributed by atoms with Gasteiger partial charge in [-0.2, -0.15) is 0 Å². The Morgan fingerprint density at radius 1 is 1.14 bits per heavy atom. The largest absolute Gasteiger partial charge is 0.399 e. The van der Waals surface area contributed by atoms with Crippen LogP contribution in [0.5, 0.6) is 0 Å². The standard InChI is InChI=1S/C14H11N5OS/c15-11-3-1-9(2-4-11)12-7-21-14(18-12)19-13(20)10-5-16-8-17-6-10/h1-8H,15H2,(H,18,19,20). The van der Waals surface area contributed by atoms with Gasteiger partial charge < -0.3 is 5.73 Å². The van der Waals surface area contributed by atoms with E-state index >= 15 is 0 Å². The Balaban J connectivity index is 1.76. The summed E-state index contributed by atoms with van der Waals surface area (Å²) in [5.41, 5.74) is 8.48. The summed E-state index contributed by atoms with van der Waals surface area (Å²) >= 11 is 1.36. The van der Waals surface area contributed by atoms with Crippen LogP contribution in [0.2, 0.25) is 0 Å². The van der Waals surface area contributed by atoms with Crippen LogP contribution in [0.15, 0.2) is 48.4 Å². The molecular weight excluding hydrogens is 286 g/mol. The van der Waals surface area contributed by atoms with Crippen LogP contribution in [0.4, 0.5) is 10.8 Å². The number of nitrogens with zero attached hydrogens (tertiary/aromatic N) is 3. The number of rotatable bonds is 3. The monoisotopic (exact) mass is 297 g/mol. The van der Waals surface area contributed by atoms with Gasteiger partial charge in [0.15, 0.2) is 5.13 Å². The molecular formula is C14H11N5OS. The van der Waals surface area contributed by atoms with E-state index in [-0.39, 0.29) is 5.91 Å². The zero-order chi connectivity index (χ0) is 14.7. The molecule has 0 saturated heterocycles. The van der Waals surface area contributed by atoms with Crippen molar-refractivity contribution in [3.05, 3.63) is 53.9 Å². The molecule has 3 rings (SSSR count). The fourth-order valence-corrected chi connectivity index (χ4v) is 2.42. The van der Waals surface area contributed by atoms with Gasteiger partial charge >= 0.3 is 0 Å². The van der Waals surface area contributed by atoms with E-state index in [9.17, 15) is 4.79 Å². The smallest absolute Gasteiger partial charge is 0.260 e. The van der Waals surface area contributed by atoms with Crippen LogP contribution in [-0.2, 0) is 0 Å². The molecule has 2 aromatic heterocycles. The number of aromatic nitrogens is 3. The van der Waals surface area contributed by atoms with Gasteiger partial charge in [-0.15, -0.1) is 11.3 Å². The molecule has 0 atom stereocenters. The number of hydrogen-bond acceptors (Lipinski definition) is 6. The minimum absolute atomic E-state index is 0.284. The first kappa shape index (κ1) is 13.2. The lowest BCUT2D eigenvalue weighted by Crippen LogP contribution is -2.12. The topological polar surface area (TPSA) is 93.8 Å². The van der Waals surface area contributed by atoms with Gasteiger partial charge in [0.25, 0.3) is 5.91 Å². The van der Waals surface area contributed by atoms with E-state index in [1.54, 1.807) is 0 Å². The highest BCUT2D eigenvalue weighted by molar-refractivity contribution is 7.14. The van der Waals surface area contributed by atoms with Crippen LogP contribution in [0.3, 0.4) is 0 Å². The lowest BCUT2D eigenvalue weighted by Gasteiger charge is -2.00. The summed E-state index contributed by atoms with van der Waals surface area (Å²) in [4.78, 5) is 24.0. The van der Waals surface area contributed by atoms with E-state index in [2.05, 4.69) is 20.3 Å². The van der Waals surface area contributed by atoms with Gasteiger partial charge in [0.05, 0.1) is 11.3 Å². The van der Waals surface area contributed by atoms with E-state index in [0.717, 1.165) is 11.3 Å². The molecule has 7 heteroatoms. The second kappa shape index (κ2) is 5.68. The Bertz CT molecular complexity index is 755. The molecule has 104 valence electrons. The minimum Gasteiger partial charge on any atom is -0.399 e. The van der Waals surface area contributed by atoms with Crippen molar-refractivity contribution >= 4 is 28.1 Å². The Labute approximate surface area is 124 Å². The molecule has 0 bridgehead atoms. The van der Waals surface area contributed by atoms with Gasteiger partial charge in [-0.3, -0.25) is 10.1 Å². The van der Waals surface area contributed by atoms with Crippen molar-refractivity contribution < 1.29 is 4.79 Å². The number of benzene rings is 1. The number of nitrogens with two attached hydrogens (primary N) is 1. The quantitative estimate of drug-likeness (QED) is 0.724. The maximum absolute atomic E-state index is 12.0. The van der Waals surface area contributed by atoms with Gasteiger partial charge in [-0.05, 0) is 12.1 Å². The molecule has 0 spiro atoms. The highest BCUT2D eigenvalue weighted by atomic mass is 32.1. The highest BCUT2D eigenvalue weighted by Crippen LogP contribution is 2.25. The first-order valence-corrected chi connectivity index (χ1v) is 6.98. The fraction of sp³-hybridized carbons (Fsp3) is 0. The molecule has 0 unspecified atom stereocenters. The molecule has 0 aliphatic carbocycles. The normalized spacial score (nSPS) is 10.3. The van der Waals surface area contributed by atoms with E-state index in [1.165, 1.54) is 30.1 Å². The van der Waals surface area contributed by atoms with Gasteiger partial charge in [0, 0.05) is 29.0 Å². The van der Waals surface area contributed by atoms with Crippen LogP contribution in [0, 0.1) is 0 Å². The average molecular weight is 297 g/mol. The highest BCUT2D eigenvalue weighted by Gasteiger charge is 2.10. The minimum atomic E-state index is -0.284. The molecule has 0 fully saturated rings. The number of nitrogens with one attached hydrogen (secondary N) is 1. The Hall–Kier alpha value is -2.80. The molecule has 3 aromatic rings. The first-order valence-electron chi connectivity index (χ1n) is 6.10. The molecule has 0 aliphatic rings. The summed E-state index contributed by atoms with van der Waals surface area (Å²) < 4.78 is 0. The molecule has 1 amide bonds. The third kappa shape index (κ3) is 3.03. The van der Waals surface area contributed by atoms with Crippen molar-refractivity contribution in [2.24, 2.45) is 0 Å². The Morgan fingerprint density at radius 2 is 1.86 bits per heavy atom. The fourth-order valence-electron chi connectivity index (χ4n) is 1.70. The van der Waals surface area contributed by atoms with Crippen LogP contribution in [-0.4, -0.2) is 20.9 Å². The SMILES string of the molecule is Nc1ccc(-c2csc(NC(=O)c3cncnc3)n2)cc1. The number of carbonyl (C=O) groups is 1. The molecule has 0 aliphatic heterocycles. The van der Waals surface area contributed by atoms with Crippen molar-refractivity contribution in [2.45, 2.75) is 0 Å². The third-order valence-electron chi connectivity index (χ3n) is 2.75. The van der Waals surface area contributed by atoms with Crippen LogP contribution in [0.1, 0.15) is 10.4 Å². The second-order valence-corrected chi connectivity index (χ2v) is 5.10. The zero-order valence-electron chi connectivity index (χ0n) is 10.9. The molecule has 0 radical (unpaired) electrons. The van der Waals surface area contributed by atoms with Crippen LogP contribution < -0.4 is 11.1 Å². The molecule has 3 N–H and O–H groups in total. The molecule has 21 heavy (non-hydrogen) atoms. The van der Waals surface area contributed by atoms with Gasteiger partial charge in [0.1, 0.15) is 6.33 Å². The molecule has 2 heterocycles. The van der Waals surface area contributed by atoms with E-state index in [1.807, 2.05) is 29.6 Å². The molecule has 6 nitrogen and oxygen atoms in total. The number of hydrogen-bond donors (Lipinski definition) is 2. The number of nitrogen functional groups attached to an aromatic ring is 1. The van der Waals surface area contributed by atoms with E-state index in [4.69, 9.17) is 5.73 Å². The summed E-state index contributed by atoms with van der Waals surface area (Å²) in [6.45, 7) is 0. The van der Waals surface area contributed by atoms with Gasteiger partial charge in [-0.25, -0.2) is 15.0 Å². The van der Waals surface area contributed by atoms with E-state index in [0.29, 0.717) is 16.4 Å². The van der Waals surface area contributed by atoms with Crippen molar-refractivity contribution in [3.8, 4) is 11.3 Å². The van der Waals surface area contributed by atoms with E-state index < -0.39 is 0 Å². The van der Waals surface area contributed by atoms with Crippen molar-refractivity contribution in [1.82, 2.24) is 15.0 Å². The molecule has 0 saturated carbocycles. The Kier molecular flexibility index (Phi) is 3.57. The van der Waals surface area contributed by atoms with Crippen LogP contribution >= 0.6 is 11.3 Å². The number of anilines is 2. The summed E-state index contributed by atoms with van der Waals surface area (Å²) in [6, 6.07) is 7.41. The maximum atomic E-state index is 12.0. The summed E-state index contributed by atoms with van der Waals surface area (Å²) in [7, 11) is 0. The second-order valence-electron chi connectivity index (χ2n) is 4.24. The average Bonchev–Trinajstić information content (AvgIpc) is 2.97. The predicted octanol–water partition coefficient (Wildman–Crippen LogP) is 2.43. The summed E-state index contributed by atoms with van der Waals surface area (Å²) in [6.07, 6.45) is 4.28. The van der Waals surface area contributed by atoms with Crippen LogP contribution in [0.25, 0.3) is 11.3 Å². The summed E-state index contributed by atoms with van der Waals surface area (Å²) in [5.74, 6) is -0.284. The predicted molar refractivity (Wildman–Crippen MR) is 81.9 cm³/mol. The maximum Gasteiger partial charge on any atom is 0.260 e. The molecule has 1 aromatic carbocycles.